The lowest BCUT2D eigenvalue weighted by Crippen LogP contribution is -2.59. The van der Waals surface area contributed by atoms with Gasteiger partial charge in [0.1, 0.15) is 0 Å². The second-order valence-corrected chi connectivity index (χ2v) is 7.88. The lowest BCUT2D eigenvalue weighted by Gasteiger charge is -2.51. The molecule has 1 aliphatic heterocycles. The van der Waals surface area contributed by atoms with Crippen LogP contribution in [0.2, 0.25) is 0 Å². The lowest BCUT2D eigenvalue weighted by atomic mass is 9.71. The fourth-order valence-corrected chi connectivity index (χ4v) is 4.76. The van der Waals surface area contributed by atoms with Gasteiger partial charge < -0.3 is 5.73 Å². The summed E-state index contributed by atoms with van der Waals surface area (Å²) >= 11 is 0. The molecule has 118 valence electrons. The van der Waals surface area contributed by atoms with E-state index < -0.39 is 0 Å². The molecule has 2 nitrogen and oxygen atoms in total. The van der Waals surface area contributed by atoms with Gasteiger partial charge in [0.15, 0.2) is 0 Å². The zero-order valence-corrected chi connectivity index (χ0v) is 14.0. The Morgan fingerprint density at radius 2 is 1.95 bits per heavy atom. The van der Waals surface area contributed by atoms with E-state index in [2.05, 4.69) is 25.7 Å². The second-order valence-electron chi connectivity index (χ2n) is 7.88. The molecule has 2 rings (SSSR count). The molecule has 1 saturated carbocycles. The van der Waals surface area contributed by atoms with Gasteiger partial charge >= 0.3 is 0 Å². The minimum atomic E-state index is 0.339. The predicted octanol–water partition coefficient (Wildman–Crippen LogP) is 4.04. The molecule has 2 heteroatoms. The Bertz CT molecular complexity index is 289. The maximum Gasteiger partial charge on any atom is 0.0334 e. The highest BCUT2D eigenvalue weighted by Crippen LogP contribution is 2.40. The highest BCUT2D eigenvalue weighted by atomic mass is 15.2. The summed E-state index contributed by atoms with van der Waals surface area (Å²) in [6.45, 7) is 10.6. The first-order chi connectivity index (χ1) is 9.59. The summed E-state index contributed by atoms with van der Waals surface area (Å²) in [5.41, 5.74) is 6.65. The van der Waals surface area contributed by atoms with E-state index in [1.54, 1.807) is 0 Å². The number of rotatable bonds is 5. The Labute approximate surface area is 126 Å². The van der Waals surface area contributed by atoms with Crippen LogP contribution in [0, 0.1) is 17.8 Å². The normalized spacial score (nSPS) is 36.5. The minimum absolute atomic E-state index is 0.339. The molecule has 1 aliphatic carbocycles. The molecule has 3 atom stereocenters. The van der Waals surface area contributed by atoms with Crippen LogP contribution in [0.15, 0.2) is 0 Å². The van der Waals surface area contributed by atoms with E-state index in [1.165, 1.54) is 64.5 Å². The smallest absolute Gasteiger partial charge is 0.0334 e. The van der Waals surface area contributed by atoms with Crippen LogP contribution in [0.1, 0.15) is 72.1 Å². The summed E-state index contributed by atoms with van der Waals surface area (Å²) < 4.78 is 0. The SMILES string of the molecule is CCC1CCCN(C2(CN)CCCC(CC(C)C)C2)C1. The zero-order chi connectivity index (χ0) is 14.6. The molecule has 0 bridgehead atoms. The third kappa shape index (κ3) is 3.76. The Hall–Kier alpha value is -0.0800. The van der Waals surface area contributed by atoms with Gasteiger partial charge in [-0.25, -0.2) is 0 Å². The van der Waals surface area contributed by atoms with Gasteiger partial charge in [-0.3, -0.25) is 4.90 Å². The second kappa shape index (κ2) is 7.26. The van der Waals surface area contributed by atoms with E-state index in [0.29, 0.717) is 5.54 Å². The van der Waals surface area contributed by atoms with E-state index >= 15 is 0 Å². The van der Waals surface area contributed by atoms with Gasteiger partial charge in [-0.05, 0) is 56.4 Å². The van der Waals surface area contributed by atoms with Crippen LogP contribution in [0.25, 0.3) is 0 Å². The number of piperidine rings is 1. The van der Waals surface area contributed by atoms with Crippen LogP contribution in [-0.4, -0.2) is 30.1 Å². The number of nitrogens with two attached hydrogens (primary N) is 1. The Morgan fingerprint density at radius 3 is 2.60 bits per heavy atom. The molecular weight excluding hydrogens is 244 g/mol. The molecule has 0 amide bonds. The van der Waals surface area contributed by atoms with Gasteiger partial charge in [-0.2, -0.15) is 0 Å². The van der Waals surface area contributed by atoms with Crippen LogP contribution in [0.3, 0.4) is 0 Å². The maximum absolute atomic E-state index is 6.31. The van der Waals surface area contributed by atoms with Gasteiger partial charge in [-0.15, -0.1) is 0 Å². The van der Waals surface area contributed by atoms with Crippen molar-refractivity contribution < 1.29 is 0 Å². The standard InChI is InChI=1S/C18H36N2/c1-4-16-8-6-10-20(13-16)18(14-19)9-5-7-17(12-18)11-15(2)3/h15-17H,4-14,19H2,1-3H3. The summed E-state index contributed by atoms with van der Waals surface area (Å²) in [7, 11) is 0. The monoisotopic (exact) mass is 280 g/mol. The molecule has 1 saturated heterocycles. The zero-order valence-electron chi connectivity index (χ0n) is 14.0. The predicted molar refractivity (Wildman–Crippen MR) is 87.8 cm³/mol. The third-order valence-corrected chi connectivity index (χ3v) is 5.88. The molecule has 3 unspecified atom stereocenters. The van der Waals surface area contributed by atoms with Crippen molar-refractivity contribution in [3.8, 4) is 0 Å². The van der Waals surface area contributed by atoms with Crippen LogP contribution in [0.5, 0.6) is 0 Å². The Morgan fingerprint density at radius 1 is 1.20 bits per heavy atom. The largest absolute Gasteiger partial charge is 0.329 e. The van der Waals surface area contributed by atoms with Crippen molar-refractivity contribution in [2.45, 2.75) is 77.7 Å². The van der Waals surface area contributed by atoms with Crippen molar-refractivity contribution in [3.63, 3.8) is 0 Å². The lowest BCUT2D eigenvalue weighted by molar-refractivity contribution is 0.000777. The van der Waals surface area contributed by atoms with Gasteiger partial charge in [0.2, 0.25) is 0 Å². The molecular formula is C18H36N2. The molecule has 1 heterocycles. The third-order valence-electron chi connectivity index (χ3n) is 5.88. The Balaban J connectivity index is 2.03. The van der Waals surface area contributed by atoms with Crippen LogP contribution < -0.4 is 5.73 Å². The summed E-state index contributed by atoms with van der Waals surface area (Å²) in [5, 5.41) is 0. The van der Waals surface area contributed by atoms with Crippen molar-refractivity contribution >= 4 is 0 Å². The number of hydrogen-bond donors (Lipinski definition) is 1. The molecule has 0 aromatic rings. The average Bonchev–Trinajstić information content (AvgIpc) is 2.46. The molecule has 0 spiro atoms. The highest BCUT2D eigenvalue weighted by Gasteiger charge is 2.41. The van der Waals surface area contributed by atoms with Gasteiger partial charge in [0.25, 0.3) is 0 Å². The van der Waals surface area contributed by atoms with Crippen molar-refractivity contribution in [1.29, 1.82) is 0 Å². The summed E-state index contributed by atoms with van der Waals surface area (Å²) in [6, 6.07) is 0. The molecule has 0 aromatic heterocycles. The molecule has 2 N–H and O–H groups in total. The van der Waals surface area contributed by atoms with Crippen molar-refractivity contribution in [1.82, 2.24) is 4.90 Å². The number of likely N-dealkylation sites (tertiary alicyclic amines) is 1. The first-order valence-electron chi connectivity index (χ1n) is 9.04. The molecule has 2 aliphatic rings. The maximum atomic E-state index is 6.31. The van der Waals surface area contributed by atoms with E-state index in [4.69, 9.17) is 5.73 Å². The van der Waals surface area contributed by atoms with Gasteiger partial charge in [-0.1, -0.05) is 40.0 Å². The Kier molecular flexibility index (Phi) is 5.92. The van der Waals surface area contributed by atoms with Crippen molar-refractivity contribution in [3.05, 3.63) is 0 Å². The highest BCUT2D eigenvalue weighted by molar-refractivity contribution is 4.98. The van der Waals surface area contributed by atoms with Crippen LogP contribution in [-0.2, 0) is 0 Å². The average molecular weight is 280 g/mol. The number of nitrogens with zero attached hydrogens (tertiary/aromatic N) is 1. The fourth-order valence-electron chi connectivity index (χ4n) is 4.76. The van der Waals surface area contributed by atoms with E-state index in [9.17, 15) is 0 Å². The summed E-state index contributed by atoms with van der Waals surface area (Å²) in [4.78, 5) is 2.80. The summed E-state index contributed by atoms with van der Waals surface area (Å²) in [5.74, 6) is 2.66. The van der Waals surface area contributed by atoms with Crippen molar-refractivity contribution in [2.75, 3.05) is 19.6 Å². The van der Waals surface area contributed by atoms with Crippen molar-refractivity contribution in [2.24, 2.45) is 23.5 Å². The minimum Gasteiger partial charge on any atom is -0.329 e. The first-order valence-corrected chi connectivity index (χ1v) is 9.04. The van der Waals surface area contributed by atoms with E-state index in [1.807, 2.05) is 0 Å². The van der Waals surface area contributed by atoms with Crippen LogP contribution >= 0.6 is 0 Å². The van der Waals surface area contributed by atoms with Gasteiger partial charge in [0.05, 0.1) is 0 Å². The molecule has 0 aromatic carbocycles. The van der Waals surface area contributed by atoms with Gasteiger partial charge in [0, 0.05) is 18.6 Å². The molecule has 0 radical (unpaired) electrons. The first kappa shape index (κ1) is 16.3. The number of hydrogen-bond acceptors (Lipinski definition) is 2. The quantitative estimate of drug-likeness (QED) is 0.823. The molecule has 20 heavy (non-hydrogen) atoms. The topological polar surface area (TPSA) is 29.3 Å². The fraction of sp³-hybridized carbons (Fsp3) is 1.00. The van der Waals surface area contributed by atoms with E-state index in [-0.39, 0.29) is 0 Å². The van der Waals surface area contributed by atoms with Crippen LogP contribution in [0.4, 0.5) is 0 Å². The molecule has 2 fully saturated rings. The van der Waals surface area contributed by atoms with E-state index in [0.717, 1.165) is 24.3 Å². The summed E-state index contributed by atoms with van der Waals surface area (Å²) in [6.07, 6.45) is 11.1.